The van der Waals surface area contributed by atoms with Gasteiger partial charge in [-0.25, -0.2) is 0 Å². The van der Waals surface area contributed by atoms with Gasteiger partial charge < -0.3 is 5.32 Å². The summed E-state index contributed by atoms with van der Waals surface area (Å²) in [5.41, 5.74) is 0.690. The molecular formula is C14H28N2. The van der Waals surface area contributed by atoms with Gasteiger partial charge in [0.1, 0.15) is 0 Å². The predicted octanol–water partition coefficient (Wildman–Crippen LogP) is 3.73. The van der Waals surface area contributed by atoms with Crippen LogP contribution in [0.2, 0.25) is 0 Å². The molecule has 0 amide bonds. The summed E-state index contributed by atoms with van der Waals surface area (Å²) in [6.07, 6.45) is 4.14. The summed E-state index contributed by atoms with van der Waals surface area (Å²) in [4.78, 5) is 0. The van der Waals surface area contributed by atoms with E-state index < -0.39 is 0 Å². The maximum atomic E-state index is 8.56. The highest BCUT2D eigenvalue weighted by Crippen LogP contribution is 2.22. The fraction of sp³-hybridized carbons (Fsp3) is 0.929. The Bertz CT molecular complexity index is 218. The molecule has 2 heteroatoms. The molecule has 0 aliphatic rings. The van der Waals surface area contributed by atoms with E-state index in [1.165, 1.54) is 12.8 Å². The van der Waals surface area contributed by atoms with Crippen molar-refractivity contribution in [2.24, 2.45) is 10.8 Å². The molecule has 0 radical (unpaired) electrons. The van der Waals surface area contributed by atoms with Crippen LogP contribution >= 0.6 is 0 Å². The Balaban J connectivity index is 3.55. The van der Waals surface area contributed by atoms with Crippen LogP contribution in [0.1, 0.15) is 60.3 Å². The summed E-state index contributed by atoms with van der Waals surface area (Å²) < 4.78 is 0. The van der Waals surface area contributed by atoms with Crippen molar-refractivity contribution in [1.82, 2.24) is 5.32 Å². The van der Waals surface area contributed by atoms with Crippen LogP contribution in [0.3, 0.4) is 0 Å². The van der Waals surface area contributed by atoms with E-state index in [-0.39, 0.29) is 5.41 Å². The van der Waals surface area contributed by atoms with Crippen LogP contribution in [0.4, 0.5) is 0 Å². The minimum Gasteiger partial charge on any atom is -0.316 e. The van der Waals surface area contributed by atoms with Crippen LogP contribution in [-0.4, -0.2) is 13.1 Å². The highest BCUT2D eigenvalue weighted by Gasteiger charge is 2.16. The fourth-order valence-corrected chi connectivity index (χ4v) is 1.65. The first-order chi connectivity index (χ1) is 7.27. The average molecular weight is 224 g/mol. The average Bonchev–Trinajstić information content (AvgIpc) is 2.12. The number of nitrogens with zero attached hydrogens (tertiary/aromatic N) is 1. The van der Waals surface area contributed by atoms with E-state index in [2.05, 4.69) is 46.0 Å². The van der Waals surface area contributed by atoms with Crippen molar-refractivity contribution in [2.45, 2.75) is 60.3 Å². The van der Waals surface area contributed by atoms with Crippen LogP contribution in [0, 0.1) is 22.2 Å². The molecular weight excluding hydrogens is 196 g/mol. The van der Waals surface area contributed by atoms with Crippen molar-refractivity contribution in [1.29, 1.82) is 5.26 Å². The lowest BCUT2D eigenvalue weighted by Crippen LogP contribution is -2.30. The van der Waals surface area contributed by atoms with Gasteiger partial charge in [0, 0.05) is 13.0 Å². The second-order valence-electron chi connectivity index (χ2n) is 6.66. The molecule has 0 heterocycles. The summed E-state index contributed by atoms with van der Waals surface area (Å²) in [5.74, 6) is 0. The lowest BCUT2D eigenvalue weighted by Gasteiger charge is -2.24. The highest BCUT2D eigenvalue weighted by atomic mass is 14.9. The normalized spacial score (nSPS) is 12.5. The van der Waals surface area contributed by atoms with E-state index in [0.29, 0.717) is 11.8 Å². The second kappa shape index (κ2) is 6.91. The SMILES string of the molecule is CC(C)(C)CCCNCC(C)(C)CCC#N. The van der Waals surface area contributed by atoms with Crippen LogP contribution in [-0.2, 0) is 0 Å². The number of nitrogens with one attached hydrogen (secondary N) is 1. The monoisotopic (exact) mass is 224 g/mol. The molecule has 16 heavy (non-hydrogen) atoms. The molecule has 1 N–H and O–H groups in total. The van der Waals surface area contributed by atoms with Crippen molar-refractivity contribution in [3.8, 4) is 6.07 Å². The summed E-state index contributed by atoms with van der Waals surface area (Å²) in [7, 11) is 0. The quantitative estimate of drug-likeness (QED) is 0.669. The summed E-state index contributed by atoms with van der Waals surface area (Å²) in [6.45, 7) is 13.4. The van der Waals surface area contributed by atoms with Gasteiger partial charge in [0.2, 0.25) is 0 Å². The molecule has 0 saturated heterocycles. The molecule has 0 unspecified atom stereocenters. The minimum absolute atomic E-state index is 0.247. The zero-order chi connectivity index (χ0) is 12.7. The van der Waals surface area contributed by atoms with Gasteiger partial charge >= 0.3 is 0 Å². The lowest BCUT2D eigenvalue weighted by molar-refractivity contribution is 0.307. The smallest absolute Gasteiger partial charge is 0.0621 e. The largest absolute Gasteiger partial charge is 0.316 e. The van der Waals surface area contributed by atoms with E-state index in [1.807, 2.05) is 0 Å². The van der Waals surface area contributed by atoms with Crippen LogP contribution < -0.4 is 5.32 Å². The number of hydrogen-bond acceptors (Lipinski definition) is 2. The number of rotatable bonds is 7. The number of hydrogen-bond donors (Lipinski definition) is 1. The summed E-state index contributed by atoms with van der Waals surface area (Å²) in [5, 5.41) is 12.1. The Hall–Kier alpha value is -0.550. The highest BCUT2D eigenvalue weighted by molar-refractivity contribution is 4.78. The molecule has 0 aliphatic heterocycles. The second-order valence-corrected chi connectivity index (χ2v) is 6.66. The number of nitriles is 1. The Morgan fingerprint density at radius 2 is 1.69 bits per heavy atom. The molecule has 0 bridgehead atoms. The molecule has 0 saturated carbocycles. The van der Waals surface area contributed by atoms with Crippen molar-refractivity contribution in [2.75, 3.05) is 13.1 Å². The molecule has 0 fully saturated rings. The third-order valence-electron chi connectivity index (χ3n) is 2.80. The first kappa shape index (κ1) is 15.4. The molecule has 0 atom stereocenters. The summed E-state index contributed by atoms with van der Waals surface area (Å²) in [6, 6.07) is 2.22. The first-order valence-corrected chi connectivity index (χ1v) is 6.34. The van der Waals surface area contributed by atoms with Crippen molar-refractivity contribution in [3.05, 3.63) is 0 Å². The lowest BCUT2D eigenvalue weighted by atomic mass is 9.87. The first-order valence-electron chi connectivity index (χ1n) is 6.34. The topological polar surface area (TPSA) is 35.8 Å². The maximum Gasteiger partial charge on any atom is 0.0621 e. The van der Waals surface area contributed by atoms with Crippen LogP contribution in [0.25, 0.3) is 0 Å². The molecule has 2 nitrogen and oxygen atoms in total. The van der Waals surface area contributed by atoms with Gasteiger partial charge in [-0.15, -0.1) is 0 Å². The molecule has 0 aromatic heterocycles. The Labute approximate surface area is 101 Å². The molecule has 0 aromatic rings. The van der Waals surface area contributed by atoms with Gasteiger partial charge in [-0.1, -0.05) is 34.6 Å². The van der Waals surface area contributed by atoms with Crippen molar-refractivity contribution in [3.63, 3.8) is 0 Å². The molecule has 0 spiro atoms. The third kappa shape index (κ3) is 9.98. The van der Waals surface area contributed by atoms with E-state index in [4.69, 9.17) is 5.26 Å². The van der Waals surface area contributed by atoms with Crippen molar-refractivity contribution < 1.29 is 0 Å². The van der Waals surface area contributed by atoms with Gasteiger partial charge in [-0.3, -0.25) is 0 Å². The molecule has 94 valence electrons. The van der Waals surface area contributed by atoms with E-state index in [1.54, 1.807) is 0 Å². The van der Waals surface area contributed by atoms with Gasteiger partial charge in [0.15, 0.2) is 0 Å². The van der Waals surface area contributed by atoms with Gasteiger partial charge in [0.25, 0.3) is 0 Å². The van der Waals surface area contributed by atoms with Crippen LogP contribution in [0.15, 0.2) is 0 Å². The third-order valence-corrected chi connectivity index (χ3v) is 2.80. The zero-order valence-electron chi connectivity index (χ0n) is 11.7. The fourth-order valence-electron chi connectivity index (χ4n) is 1.65. The Kier molecular flexibility index (Phi) is 6.67. The van der Waals surface area contributed by atoms with Gasteiger partial charge in [-0.05, 0) is 36.6 Å². The molecule has 0 rings (SSSR count). The molecule has 0 aliphatic carbocycles. The van der Waals surface area contributed by atoms with Gasteiger partial charge in [0.05, 0.1) is 6.07 Å². The Morgan fingerprint density at radius 3 is 2.19 bits per heavy atom. The predicted molar refractivity (Wildman–Crippen MR) is 70.2 cm³/mol. The van der Waals surface area contributed by atoms with E-state index in [9.17, 15) is 0 Å². The van der Waals surface area contributed by atoms with E-state index in [0.717, 1.165) is 19.5 Å². The minimum atomic E-state index is 0.247. The Morgan fingerprint density at radius 1 is 1.06 bits per heavy atom. The van der Waals surface area contributed by atoms with Gasteiger partial charge in [-0.2, -0.15) is 5.26 Å². The standard InChI is InChI=1S/C14H28N2/c1-13(2,3)8-7-11-16-12-14(4,5)9-6-10-15/h16H,6-9,11-12H2,1-5H3. The summed E-state index contributed by atoms with van der Waals surface area (Å²) >= 11 is 0. The van der Waals surface area contributed by atoms with E-state index >= 15 is 0 Å². The van der Waals surface area contributed by atoms with Crippen LogP contribution in [0.5, 0.6) is 0 Å². The van der Waals surface area contributed by atoms with Crippen molar-refractivity contribution >= 4 is 0 Å². The maximum absolute atomic E-state index is 8.56. The zero-order valence-corrected chi connectivity index (χ0v) is 11.7. The molecule has 0 aromatic carbocycles.